The van der Waals surface area contributed by atoms with Crippen LogP contribution in [0.3, 0.4) is 0 Å². The molecular formula is C21H22O7. The smallest absolute Gasteiger partial charge is 0.330 e. The average Bonchev–Trinajstić information content (AvgIpc) is 3.10. The molecule has 0 unspecified atom stereocenters. The Labute approximate surface area is 162 Å². The number of phenolic OH excluding ortho intramolecular Hbond substituents is 1. The molecule has 1 aliphatic rings. The molecule has 0 aromatic heterocycles. The zero-order valence-corrected chi connectivity index (χ0v) is 15.8. The topological polar surface area (TPSA) is 94.5 Å². The molecule has 2 aromatic carbocycles. The number of rotatable bonds is 6. The van der Waals surface area contributed by atoms with E-state index in [0.29, 0.717) is 22.8 Å². The number of aliphatic hydroxyl groups excluding tert-OH is 1. The Balaban J connectivity index is 2.02. The number of ether oxygens (including phenoxy) is 4. The van der Waals surface area contributed by atoms with E-state index in [0.717, 1.165) is 11.1 Å². The van der Waals surface area contributed by atoms with Crippen LogP contribution in [0.15, 0.2) is 36.4 Å². The summed E-state index contributed by atoms with van der Waals surface area (Å²) in [5, 5.41) is 19.9. The summed E-state index contributed by atoms with van der Waals surface area (Å²) in [4.78, 5) is 11.4. The number of hydrogen-bond acceptors (Lipinski definition) is 7. The van der Waals surface area contributed by atoms with Crippen LogP contribution in [0.4, 0.5) is 0 Å². The van der Waals surface area contributed by atoms with Gasteiger partial charge >= 0.3 is 5.97 Å². The van der Waals surface area contributed by atoms with Gasteiger partial charge in [-0.1, -0.05) is 6.07 Å². The lowest BCUT2D eigenvalue weighted by Gasteiger charge is -2.18. The van der Waals surface area contributed by atoms with Gasteiger partial charge in [-0.25, -0.2) is 4.79 Å². The van der Waals surface area contributed by atoms with Gasteiger partial charge in [0.1, 0.15) is 6.10 Å². The minimum absolute atomic E-state index is 0.0233. The molecule has 7 nitrogen and oxygen atoms in total. The lowest BCUT2D eigenvalue weighted by atomic mass is 9.90. The van der Waals surface area contributed by atoms with Gasteiger partial charge in [0.2, 0.25) is 0 Å². The highest BCUT2D eigenvalue weighted by molar-refractivity contribution is 5.87. The first-order chi connectivity index (χ1) is 13.5. The number of benzene rings is 2. The largest absolute Gasteiger partial charge is 0.504 e. The maximum Gasteiger partial charge on any atom is 0.330 e. The van der Waals surface area contributed by atoms with Crippen molar-refractivity contribution in [3.8, 4) is 23.0 Å². The fourth-order valence-electron chi connectivity index (χ4n) is 3.27. The van der Waals surface area contributed by atoms with Crippen molar-refractivity contribution in [3.05, 3.63) is 53.1 Å². The normalized spacial score (nSPS) is 17.9. The van der Waals surface area contributed by atoms with E-state index in [-0.39, 0.29) is 18.3 Å². The average molecular weight is 386 g/mol. The van der Waals surface area contributed by atoms with Crippen LogP contribution in [0.5, 0.6) is 23.0 Å². The SMILES string of the molecule is COC(=O)/C=C\c1cc(OC)c2c(c1)[C@@H](CO)[C@H](c1ccc(O)c(OC)c1)O2. The molecule has 0 saturated carbocycles. The molecule has 7 heteroatoms. The Morgan fingerprint density at radius 1 is 1.14 bits per heavy atom. The van der Waals surface area contributed by atoms with E-state index >= 15 is 0 Å². The van der Waals surface area contributed by atoms with E-state index in [2.05, 4.69) is 4.74 Å². The quantitative estimate of drug-likeness (QED) is 0.582. The van der Waals surface area contributed by atoms with E-state index in [1.165, 1.54) is 33.5 Å². The second kappa shape index (κ2) is 8.22. The Morgan fingerprint density at radius 2 is 1.89 bits per heavy atom. The highest BCUT2D eigenvalue weighted by Gasteiger charge is 2.37. The third kappa shape index (κ3) is 3.61. The van der Waals surface area contributed by atoms with Crippen LogP contribution in [0.1, 0.15) is 28.7 Å². The van der Waals surface area contributed by atoms with Crippen molar-refractivity contribution in [2.45, 2.75) is 12.0 Å². The maximum absolute atomic E-state index is 11.4. The van der Waals surface area contributed by atoms with E-state index < -0.39 is 12.1 Å². The van der Waals surface area contributed by atoms with Crippen LogP contribution in [0.25, 0.3) is 6.08 Å². The van der Waals surface area contributed by atoms with Crippen molar-refractivity contribution in [2.24, 2.45) is 0 Å². The Bertz CT molecular complexity index is 904. The van der Waals surface area contributed by atoms with Crippen molar-refractivity contribution in [1.82, 2.24) is 0 Å². The van der Waals surface area contributed by atoms with Gasteiger partial charge in [-0.15, -0.1) is 0 Å². The van der Waals surface area contributed by atoms with Crippen LogP contribution in [0.2, 0.25) is 0 Å². The minimum atomic E-state index is -0.483. The van der Waals surface area contributed by atoms with Crippen molar-refractivity contribution in [3.63, 3.8) is 0 Å². The zero-order chi connectivity index (χ0) is 20.3. The summed E-state index contributed by atoms with van der Waals surface area (Å²) in [7, 11) is 4.30. The molecule has 2 N–H and O–H groups in total. The predicted octanol–water partition coefficient (Wildman–Crippen LogP) is 2.81. The molecule has 2 atom stereocenters. The van der Waals surface area contributed by atoms with Crippen LogP contribution >= 0.6 is 0 Å². The molecule has 0 fully saturated rings. The van der Waals surface area contributed by atoms with E-state index in [1.807, 2.05) is 6.07 Å². The molecule has 0 saturated heterocycles. The number of phenols is 1. The Kier molecular flexibility index (Phi) is 5.75. The number of fused-ring (bicyclic) bond motifs is 1. The van der Waals surface area contributed by atoms with Gasteiger partial charge in [-0.05, 0) is 41.5 Å². The Hall–Kier alpha value is -3.19. The molecule has 3 rings (SSSR count). The van der Waals surface area contributed by atoms with E-state index in [9.17, 15) is 15.0 Å². The summed E-state index contributed by atoms with van der Waals surface area (Å²) in [6.07, 6.45) is 2.44. The van der Waals surface area contributed by atoms with Gasteiger partial charge in [0.25, 0.3) is 0 Å². The summed E-state index contributed by atoms with van der Waals surface area (Å²) in [6.45, 7) is -0.159. The Morgan fingerprint density at radius 3 is 2.54 bits per heavy atom. The van der Waals surface area contributed by atoms with Crippen LogP contribution in [-0.2, 0) is 9.53 Å². The molecule has 28 heavy (non-hydrogen) atoms. The lowest BCUT2D eigenvalue weighted by molar-refractivity contribution is -0.134. The van der Waals surface area contributed by atoms with Gasteiger partial charge in [-0.2, -0.15) is 0 Å². The van der Waals surface area contributed by atoms with Gasteiger partial charge < -0.3 is 29.2 Å². The molecule has 2 aromatic rings. The summed E-state index contributed by atoms with van der Waals surface area (Å²) >= 11 is 0. The van der Waals surface area contributed by atoms with Crippen LogP contribution in [-0.4, -0.2) is 44.1 Å². The lowest BCUT2D eigenvalue weighted by Crippen LogP contribution is -2.13. The second-order valence-corrected chi connectivity index (χ2v) is 6.26. The minimum Gasteiger partial charge on any atom is -0.504 e. The number of carbonyl (C=O) groups excluding carboxylic acids is 1. The first-order valence-electron chi connectivity index (χ1n) is 8.64. The van der Waals surface area contributed by atoms with Gasteiger partial charge in [-0.3, -0.25) is 0 Å². The summed E-state index contributed by atoms with van der Waals surface area (Å²) in [6, 6.07) is 8.51. The summed E-state index contributed by atoms with van der Waals surface area (Å²) in [5.74, 6) is 0.549. The fraction of sp³-hybridized carbons (Fsp3) is 0.286. The summed E-state index contributed by atoms with van der Waals surface area (Å²) < 4.78 is 21.4. The molecule has 0 amide bonds. The van der Waals surface area contributed by atoms with Crippen molar-refractivity contribution in [1.29, 1.82) is 0 Å². The highest BCUT2D eigenvalue weighted by Crippen LogP contribution is 2.51. The van der Waals surface area contributed by atoms with Crippen LogP contribution < -0.4 is 14.2 Å². The maximum atomic E-state index is 11.4. The van der Waals surface area contributed by atoms with Gasteiger partial charge in [0.15, 0.2) is 23.0 Å². The van der Waals surface area contributed by atoms with Crippen molar-refractivity contribution < 1.29 is 34.0 Å². The molecule has 1 aliphatic heterocycles. The molecule has 0 bridgehead atoms. The van der Waals surface area contributed by atoms with Crippen LogP contribution in [0, 0.1) is 0 Å². The standard InChI is InChI=1S/C21H22O7/c1-25-17-10-13(5-6-16(17)23)20-15(11-22)14-8-12(4-7-19(24)27-3)9-18(26-2)21(14)28-20/h4-10,15,20,22-23H,11H2,1-3H3/b7-4-/t15-,20+/m1/s1. The monoisotopic (exact) mass is 386 g/mol. The summed E-state index contributed by atoms with van der Waals surface area (Å²) in [5.41, 5.74) is 2.23. The van der Waals surface area contributed by atoms with E-state index in [4.69, 9.17) is 14.2 Å². The molecule has 1 heterocycles. The third-order valence-electron chi connectivity index (χ3n) is 4.68. The molecule has 0 radical (unpaired) electrons. The first-order valence-corrected chi connectivity index (χ1v) is 8.64. The molecule has 148 valence electrons. The third-order valence-corrected chi connectivity index (χ3v) is 4.68. The molecular weight excluding hydrogens is 364 g/mol. The number of hydrogen-bond donors (Lipinski definition) is 2. The predicted molar refractivity (Wildman–Crippen MR) is 102 cm³/mol. The number of carbonyl (C=O) groups is 1. The number of aromatic hydroxyl groups is 1. The number of esters is 1. The number of aliphatic hydroxyl groups is 1. The highest BCUT2D eigenvalue weighted by atomic mass is 16.5. The fourth-order valence-corrected chi connectivity index (χ4v) is 3.27. The van der Waals surface area contributed by atoms with Gasteiger partial charge in [0.05, 0.1) is 33.9 Å². The van der Waals surface area contributed by atoms with E-state index in [1.54, 1.807) is 24.3 Å². The molecule has 0 aliphatic carbocycles. The zero-order valence-electron chi connectivity index (χ0n) is 15.8. The van der Waals surface area contributed by atoms with Crippen molar-refractivity contribution in [2.75, 3.05) is 27.9 Å². The van der Waals surface area contributed by atoms with Gasteiger partial charge in [0, 0.05) is 11.6 Å². The number of methoxy groups -OCH3 is 3. The second-order valence-electron chi connectivity index (χ2n) is 6.26. The van der Waals surface area contributed by atoms with Crippen molar-refractivity contribution >= 4 is 12.0 Å². The molecule has 0 spiro atoms. The first kappa shape index (κ1) is 19.6.